The summed E-state index contributed by atoms with van der Waals surface area (Å²) in [6.07, 6.45) is 0. The fourth-order valence-corrected chi connectivity index (χ4v) is 4.35. The van der Waals surface area contributed by atoms with Crippen molar-refractivity contribution in [3.63, 3.8) is 0 Å². The molecule has 2 aromatic heterocycles. The smallest absolute Gasteiger partial charge is 0.341 e. The lowest BCUT2D eigenvalue weighted by Crippen LogP contribution is -2.16. The van der Waals surface area contributed by atoms with Gasteiger partial charge in [0.25, 0.3) is 0 Å². The molecule has 0 spiro atoms. The van der Waals surface area contributed by atoms with E-state index in [0.29, 0.717) is 16.1 Å². The minimum atomic E-state index is -0.599. The predicted octanol–water partition coefficient (Wildman–Crippen LogP) is 4.04. The van der Waals surface area contributed by atoms with Crippen LogP contribution in [0.1, 0.15) is 47.8 Å². The number of carbonyl (C=O) groups is 3. The van der Waals surface area contributed by atoms with E-state index in [0.717, 1.165) is 20.2 Å². The predicted molar refractivity (Wildman–Crippen MR) is 96.5 cm³/mol. The summed E-state index contributed by atoms with van der Waals surface area (Å²) in [6.45, 7) is 8.52. The van der Waals surface area contributed by atoms with Gasteiger partial charge in [-0.1, -0.05) is 0 Å². The first-order valence-electron chi connectivity index (χ1n) is 7.35. The number of amides is 1. The van der Waals surface area contributed by atoms with E-state index in [2.05, 4.69) is 5.32 Å². The van der Waals surface area contributed by atoms with Gasteiger partial charge in [-0.2, -0.15) is 0 Å². The number of hydrogen-bond donors (Lipinski definition) is 1. The Bertz CT molecular complexity index is 817. The van der Waals surface area contributed by atoms with Gasteiger partial charge in [0.2, 0.25) is 11.7 Å². The van der Waals surface area contributed by atoms with Crippen LogP contribution in [0.3, 0.4) is 0 Å². The van der Waals surface area contributed by atoms with Gasteiger partial charge in [0.1, 0.15) is 5.00 Å². The maximum atomic E-state index is 12.4. The minimum Gasteiger partial charge on any atom is -0.454 e. The molecule has 0 saturated carbocycles. The van der Waals surface area contributed by atoms with Crippen molar-refractivity contribution in [2.24, 2.45) is 0 Å². The van der Waals surface area contributed by atoms with E-state index in [4.69, 9.17) is 4.74 Å². The van der Waals surface area contributed by atoms with Crippen molar-refractivity contribution in [3.8, 4) is 0 Å². The molecule has 0 saturated heterocycles. The average molecular weight is 365 g/mol. The Morgan fingerprint density at radius 2 is 1.75 bits per heavy atom. The zero-order valence-corrected chi connectivity index (χ0v) is 15.9. The lowest BCUT2D eigenvalue weighted by atomic mass is 10.1. The first-order valence-corrected chi connectivity index (χ1v) is 8.99. The number of nitrogens with one attached hydrogen (secondary N) is 1. The maximum absolute atomic E-state index is 12.4. The number of Topliss-reactive ketones (excluding diaryl/α,β-unsaturated/α-hetero) is 1. The summed E-state index contributed by atoms with van der Waals surface area (Å²) in [5, 5.41) is 3.10. The van der Waals surface area contributed by atoms with Crippen molar-refractivity contribution in [1.29, 1.82) is 0 Å². The summed E-state index contributed by atoms with van der Waals surface area (Å²) in [6, 6.07) is 1.80. The Morgan fingerprint density at radius 3 is 2.29 bits per heavy atom. The molecule has 0 bridgehead atoms. The lowest BCUT2D eigenvalue weighted by Gasteiger charge is -2.07. The third-order valence-corrected chi connectivity index (χ3v) is 5.64. The molecular formula is C17H19NO4S2. The van der Waals surface area contributed by atoms with Crippen molar-refractivity contribution < 1.29 is 19.1 Å². The molecule has 2 rings (SSSR count). The van der Waals surface area contributed by atoms with Crippen molar-refractivity contribution in [1.82, 2.24) is 0 Å². The number of ketones is 1. The normalized spacial score (nSPS) is 10.5. The fraction of sp³-hybridized carbons (Fsp3) is 0.353. The number of rotatable bonds is 5. The van der Waals surface area contributed by atoms with Gasteiger partial charge in [0, 0.05) is 27.1 Å². The molecule has 0 aliphatic rings. The molecule has 0 atom stereocenters. The zero-order chi connectivity index (χ0) is 18.0. The first kappa shape index (κ1) is 18.4. The van der Waals surface area contributed by atoms with Gasteiger partial charge in [-0.15, -0.1) is 22.7 Å². The number of aryl methyl sites for hydroxylation is 3. The van der Waals surface area contributed by atoms with Gasteiger partial charge in [-0.05, 0) is 39.3 Å². The molecular weight excluding hydrogens is 346 g/mol. The summed E-state index contributed by atoms with van der Waals surface area (Å²) in [5.74, 6) is -1.08. The zero-order valence-electron chi connectivity index (χ0n) is 14.2. The molecule has 2 aromatic rings. The van der Waals surface area contributed by atoms with Gasteiger partial charge in [-0.3, -0.25) is 9.59 Å². The van der Waals surface area contributed by atoms with Crippen LogP contribution in [0, 0.1) is 27.7 Å². The fourth-order valence-electron chi connectivity index (χ4n) is 2.31. The Hall–Kier alpha value is -1.99. The minimum absolute atomic E-state index is 0.226. The average Bonchev–Trinajstić information content (AvgIpc) is 2.95. The molecule has 0 fully saturated rings. The van der Waals surface area contributed by atoms with Crippen LogP contribution in [-0.2, 0) is 9.53 Å². The van der Waals surface area contributed by atoms with Crippen LogP contribution in [0.25, 0.3) is 0 Å². The SMILES string of the molecule is CC(=O)Nc1sc(C)c(C)c1C(=O)OCC(=O)c1cc(C)sc1C. The van der Waals surface area contributed by atoms with Crippen LogP contribution in [0.4, 0.5) is 5.00 Å². The van der Waals surface area contributed by atoms with Crippen LogP contribution in [0.2, 0.25) is 0 Å². The molecule has 0 radical (unpaired) electrons. The number of esters is 1. The molecule has 0 aliphatic heterocycles. The lowest BCUT2D eigenvalue weighted by molar-refractivity contribution is -0.114. The number of thiophene rings is 2. The standard InChI is InChI=1S/C17H19NO4S2/c1-8-6-13(11(4)23-8)14(20)7-22-17(21)15-9(2)10(3)24-16(15)18-12(5)19/h6H,7H2,1-5H3,(H,18,19). The largest absolute Gasteiger partial charge is 0.454 e. The Labute approximate surface area is 148 Å². The van der Waals surface area contributed by atoms with E-state index in [1.807, 2.05) is 20.8 Å². The quantitative estimate of drug-likeness (QED) is 0.641. The molecule has 1 amide bonds. The second kappa shape index (κ2) is 7.27. The highest BCUT2D eigenvalue weighted by molar-refractivity contribution is 7.16. The molecule has 7 heteroatoms. The van der Waals surface area contributed by atoms with Gasteiger partial charge in [-0.25, -0.2) is 4.79 Å². The summed E-state index contributed by atoms with van der Waals surface area (Å²) in [7, 11) is 0. The summed E-state index contributed by atoms with van der Waals surface area (Å²) < 4.78 is 5.20. The Morgan fingerprint density at radius 1 is 1.08 bits per heavy atom. The number of ether oxygens (including phenoxy) is 1. The Balaban J connectivity index is 2.14. The maximum Gasteiger partial charge on any atom is 0.341 e. The van der Waals surface area contributed by atoms with Crippen LogP contribution < -0.4 is 5.32 Å². The first-order chi connectivity index (χ1) is 11.2. The highest BCUT2D eigenvalue weighted by Crippen LogP contribution is 2.33. The molecule has 0 unspecified atom stereocenters. The molecule has 0 aromatic carbocycles. The number of carbonyl (C=O) groups excluding carboxylic acids is 3. The molecule has 5 nitrogen and oxygen atoms in total. The van der Waals surface area contributed by atoms with Crippen LogP contribution in [-0.4, -0.2) is 24.3 Å². The summed E-state index contributed by atoms with van der Waals surface area (Å²) in [5.41, 5.74) is 1.66. The van der Waals surface area contributed by atoms with Crippen molar-refractivity contribution in [2.75, 3.05) is 11.9 Å². The molecule has 1 N–H and O–H groups in total. The van der Waals surface area contributed by atoms with E-state index in [9.17, 15) is 14.4 Å². The molecule has 24 heavy (non-hydrogen) atoms. The van der Waals surface area contributed by atoms with E-state index in [1.165, 1.54) is 29.6 Å². The highest BCUT2D eigenvalue weighted by Gasteiger charge is 2.23. The summed E-state index contributed by atoms with van der Waals surface area (Å²) >= 11 is 2.85. The van der Waals surface area contributed by atoms with Gasteiger partial charge >= 0.3 is 5.97 Å². The van der Waals surface area contributed by atoms with Gasteiger partial charge in [0.05, 0.1) is 5.56 Å². The second-order valence-corrected chi connectivity index (χ2v) is 8.18. The molecule has 128 valence electrons. The van der Waals surface area contributed by atoms with Crippen LogP contribution in [0.15, 0.2) is 6.07 Å². The third kappa shape index (κ3) is 3.91. The Kier molecular flexibility index (Phi) is 5.56. The van der Waals surface area contributed by atoms with E-state index < -0.39 is 5.97 Å². The number of hydrogen-bond acceptors (Lipinski definition) is 6. The second-order valence-electron chi connectivity index (χ2n) is 5.49. The van der Waals surface area contributed by atoms with Gasteiger partial charge in [0.15, 0.2) is 6.61 Å². The van der Waals surface area contributed by atoms with Crippen molar-refractivity contribution in [3.05, 3.63) is 37.4 Å². The third-order valence-electron chi connectivity index (χ3n) is 3.55. The van der Waals surface area contributed by atoms with Gasteiger partial charge < -0.3 is 10.1 Å². The van der Waals surface area contributed by atoms with E-state index in [1.54, 1.807) is 13.0 Å². The van der Waals surface area contributed by atoms with Crippen molar-refractivity contribution >= 4 is 45.3 Å². The topological polar surface area (TPSA) is 72.5 Å². The highest BCUT2D eigenvalue weighted by atomic mass is 32.1. The van der Waals surface area contributed by atoms with Crippen LogP contribution >= 0.6 is 22.7 Å². The van der Waals surface area contributed by atoms with Crippen LogP contribution in [0.5, 0.6) is 0 Å². The van der Waals surface area contributed by atoms with E-state index >= 15 is 0 Å². The summed E-state index contributed by atoms with van der Waals surface area (Å²) in [4.78, 5) is 38.8. The van der Waals surface area contributed by atoms with E-state index in [-0.39, 0.29) is 18.3 Å². The monoisotopic (exact) mass is 365 g/mol. The molecule has 0 aliphatic carbocycles. The molecule has 2 heterocycles. The van der Waals surface area contributed by atoms with Crippen molar-refractivity contribution in [2.45, 2.75) is 34.6 Å². The number of anilines is 1.